The van der Waals surface area contributed by atoms with E-state index in [-0.39, 0.29) is 11.8 Å². The Kier molecular flexibility index (Phi) is 5.34. The number of pyridine rings is 1. The minimum atomic E-state index is -0.997. The average Bonchev–Trinajstić information content (AvgIpc) is 2.45. The fourth-order valence-corrected chi connectivity index (χ4v) is 3.19. The number of hydrogen-bond acceptors (Lipinski definition) is 3. The Morgan fingerprint density at radius 3 is 2.90 bits per heavy atom. The van der Waals surface area contributed by atoms with Crippen LogP contribution in [0.2, 0.25) is 0 Å². The molecule has 2 rings (SSSR count). The van der Waals surface area contributed by atoms with Crippen molar-refractivity contribution in [2.45, 2.75) is 52.7 Å². The minimum Gasteiger partial charge on any atom is -0.477 e. The van der Waals surface area contributed by atoms with Crippen LogP contribution in [-0.2, 0) is 11.3 Å². The number of carboxylic acid groups (broad SMARTS) is 1. The van der Waals surface area contributed by atoms with Gasteiger partial charge in [-0.3, -0.25) is 0 Å². The van der Waals surface area contributed by atoms with Gasteiger partial charge in [0.2, 0.25) is 0 Å². The molecule has 0 aliphatic heterocycles. The molecule has 3 unspecified atom stereocenters. The first-order chi connectivity index (χ1) is 9.97. The molecule has 3 atom stereocenters. The second-order valence-corrected chi connectivity index (χ2v) is 6.53. The van der Waals surface area contributed by atoms with Crippen molar-refractivity contribution in [2.24, 2.45) is 17.8 Å². The summed E-state index contributed by atoms with van der Waals surface area (Å²) in [5.74, 6) is 0.928. The van der Waals surface area contributed by atoms with E-state index in [9.17, 15) is 4.79 Å². The molecule has 1 aliphatic carbocycles. The third-order valence-electron chi connectivity index (χ3n) is 4.47. The maximum Gasteiger partial charge on any atom is 0.354 e. The summed E-state index contributed by atoms with van der Waals surface area (Å²) in [4.78, 5) is 14.8. The lowest BCUT2D eigenvalue weighted by atomic mass is 9.75. The van der Waals surface area contributed by atoms with Gasteiger partial charge in [-0.05, 0) is 48.3 Å². The largest absolute Gasteiger partial charge is 0.477 e. The number of aromatic carboxylic acids is 1. The molecular weight excluding hydrogens is 266 g/mol. The van der Waals surface area contributed by atoms with Gasteiger partial charge in [-0.25, -0.2) is 9.78 Å². The Morgan fingerprint density at radius 1 is 1.48 bits per heavy atom. The summed E-state index contributed by atoms with van der Waals surface area (Å²) in [6, 6.07) is 3.42. The van der Waals surface area contributed by atoms with Crippen molar-refractivity contribution in [3.63, 3.8) is 0 Å². The Morgan fingerprint density at radius 2 is 2.24 bits per heavy atom. The number of carboxylic acids is 1. The standard InChI is InChI=1S/C17H25NO3/c1-11(2)14-5-4-12(3)8-16(14)21-10-13-6-7-18-15(9-13)17(19)20/h6-7,9,11-12,14,16H,4-5,8,10H2,1-3H3,(H,19,20). The molecule has 0 bridgehead atoms. The summed E-state index contributed by atoms with van der Waals surface area (Å²) in [5.41, 5.74) is 0.955. The van der Waals surface area contributed by atoms with Crippen molar-refractivity contribution < 1.29 is 14.6 Å². The van der Waals surface area contributed by atoms with Gasteiger partial charge in [-0.2, -0.15) is 0 Å². The summed E-state index contributed by atoms with van der Waals surface area (Å²) in [7, 11) is 0. The maximum atomic E-state index is 10.9. The molecule has 1 aliphatic rings. The highest BCUT2D eigenvalue weighted by Crippen LogP contribution is 2.35. The quantitative estimate of drug-likeness (QED) is 0.897. The van der Waals surface area contributed by atoms with Crippen LogP contribution >= 0.6 is 0 Å². The zero-order chi connectivity index (χ0) is 15.4. The van der Waals surface area contributed by atoms with Crippen LogP contribution in [-0.4, -0.2) is 22.2 Å². The summed E-state index contributed by atoms with van der Waals surface area (Å²) in [6.07, 6.45) is 5.40. The Bertz CT molecular complexity index is 487. The van der Waals surface area contributed by atoms with E-state index >= 15 is 0 Å². The topological polar surface area (TPSA) is 59.4 Å². The van der Waals surface area contributed by atoms with Crippen LogP contribution in [0.5, 0.6) is 0 Å². The highest BCUT2D eigenvalue weighted by Gasteiger charge is 2.31. The first kappa shape index (κ1) is 16.0. The van der Waals surface area contributed by atoms with Crippen LogP contribution in [0.4, 0.5) is 0 Å². The highest BCUT2D eigenvalue weighted by atomic mass is 16.5. The molecule has 0 aromatic carbocycles. The summed E-state index contributed by atoms with van der Waals surface area (Å²) >= 11 is 0. The number of hydrogen-bond donors (Lipinski definition) is 1. The molecule has 1 aromatic rings. The Balaban J connectivity index is 2.00. The highest BCUT2D eigenvalue weighted by molar-refractivity contribution is 5.85. The van der Waals surface area contributed by atoms with Crippen LogP contribution in [0.1, 0.15) is 56.1 Å². The predicted molar refractivity (Wildman–Crippen MR) is 81.1 cm³/mol. The number of aromatic nitrogens is 1. The van der Waals surface area contributed by atoms with Gasteiger partial charge in [-0.1, -0.05) is 27.2 Å². The van der Waals surface area contributed by atoms with Crippen molar-refractivity contribution in [1.29, 1.82) is 0 Å². The van der Waals surface area contributed by atoms with Gasteiger partial charge < -0.3 is 9.84 Å². The molecule has 1 N–H and O–H groups in total. The lowest BCUT2D eigenvalue weighted by molar-refractivity contribution is -0.0473. The van der Waals surface area contributed by atoms with Crippen molar-refractivity contribution >= 4 is 5.97 Å². The summed E-state index contributed by atoms with van der Waals surface area (Å²) < 4.78 is 6.13. The normalized spacial score (nSPS) is 26.0. The Hall–Kier alpha value is -1.42. The fraction of sp³-hybridized carbons (Fsp3) is 0.647. The van der Waals surface area contributed by atoms with Gasteiger partial charge >= 0.3 is 5.97 Å². The second kappa shape index (κ2) is 7.03. The first-order valence-corrected chi connectivity index (χ1v) is 7.77. The molecule has 1 fully saturated rings. The number of carbonyl (C=O) groups is 1. The van der Waals surface area contributed by atoms with Gasteiger partial charge in [0.25, 0.3) is 0 Å². The van der Waals surface area contributed by atoms with Crippen LogP contribution in [0.25, 0.3) is 0 Å². The van der Waals surface area contributed by atoms with Crippen molar-refractivity contribution in [3.05, 3.63) is 29.6 Å². The monoisotopic (exact) mass is 291 g/mol. The third kappa shape index (κ3) is 4.27. The van der Waals surface area contributed by atoms with E-state index in [0.717, 1.165) is 12.0 Å². The van der Waals surface area contributed by atoms with Gasteiger partial charge in [-0.15, -0.1) is 0 Å². The lowest BCUT2D eigenvalue weighted by Crippen LogP contribution is -2.34. The SMILES string of the molecule is CC1CCC(C(C)C)C(OCc2ccnc(C(=O)O)c2)C1. The summed E-state index contributed by atoms with van der Waals surface area (Å²) in [6.45, 7) is 7.25. The molecule has 1 saturated carbocycles. The van der Waals surface area contributed by atoms with Crippen LogP contribution in [0.3, 0.4) is 0 Å². The van der Waals surface area contributed by atoms with E-state index < -0.39 is 5.97 Å². The second-order valence-electron chi connectivity index (χ2n) is 6.53. The number of ether oxygens (including phenoxy) is 1. The molecular formula is C17H25NO3. The summed E-state index contributed by atoms with van der Waals surface area (Å²) in [5, 5.41) is 8.97. The van der Waals surface area contributed by atoms with E-state index in [2.05, 4.69) is 25.8 Å². The van der Waals surface area contributed by atoms with Gasteiger partial charge in [0.15, 0.2) is 0 Å². The van der Waals surface area contributed by atoms with E-state index in [0.29, 0.717) is 24.4 Å². The molecule has 4 heteroatoms. The van der Waals surface area contributed by atoms with E-state index in [1.807, 2.05) is 6.07 Å². The van der Waals surface area contributed by atoms with Gasteiger partial charge in [0.1, 0.15) is 5.69 Å². The predicted octanol–water partition coefficient (Wildman–Crippen LogP) is 3.76. The van der Waals surface area contributed by atoms with E-state index in [1.165, 1.54) is 19.0 Å². The van der Waals surface area contributed by atoms with E-state index in [1.54, 1.807) is 6.07 Å². The molecule has 4 nitrogen and oxygen atoms in total. The van der Waals surface area contributed by atoms with E-state index in [4.69, 9.17) is 9.84 Å². The fourth-order valence-electron chi connectivity index (χ4n) is 3.19. The molecule has 1 aromatic heterocycles. The smallest absolute Gasteiger partial charge is 0.354 e. The van der Waals surface area contributed by atoms with Crippen LogP contribution in [0.15, 0.2) is 18.3 Å². The third-order valence-corrected chi connectivity index (χ3v) is 4.47. The van der Waals surface area contributed by atoms with Gasteiger partial charge in [0, 0.05) is 6.20 Å². The number of rotatable bonds is 5. The lowest BCUT2D eigenvalue weighted by Gasteiger charge is -2.37. The minimum absolute atomic E-state index is 0.0773. The first-order valence-electron chi connectivity index (χ1n) is 7.77. The molecule has 21 heavy (non-hydrogen) atoms. The van der Waals surface area contributed by atoms with Gasteiger partial charge in [0.05, 0.1) is 12.7 Å². The average molecular weight is 291 g/mol. The molecule has 0 spiro atoms. The van der Waals surface area contributed by atoms with Crippen LogP contribution in [0, 0.1) is 17.8 Å². The van der Waals surface area contributed by atoms with Crippen molar-refractivity contribution in [2.75, 3.05) is 0 Å². The zero-order valence-electron chi connectivity index (χ0n) is 13.1. The number of nitrogens with zero attached hydrogens (tertiary/aromatic N) is 1. The van der Waals surface area contributed by atoms with Crippen molar-refractivity contribution in [1.82, 2.24) is 4.98 Å². The Labute approximate surface area is 126 Å². The maximum absolute atomic E-state index is 10.9. The van der Waals surface area contributed by atoms with Crippen molar-refractivity contribution in [3.8, 4) is 0 Å². The molecule has 0 saturated heterocycles. The molecule has 0 amide bonds. The molecule has 1 heterocycles. The molecule has 0 radical (unpaired) electrons. The molecule has 116 valence electrons. The zero-order valence-corrected chi connectivity index (χ0v) is 13.1. The van der Waals surface area contributed by atoms with Crippen LogP contribution < -0.4 is 0 Å².